The van der Waals surface area contributed by atoms with Crippen molar-refractivity contribution in [3.8, 4) is 17.5 Å². The first-order valence-electron chi connectivity index (χ1n) is 9.95. The highest BCUT2D eigenvalue weighted by Crippen LogP contribution is 2.24. The molecule has 164 valence electrons. The molecular formula is C24H29N3O4. The van der Waals surface area contributed by atoms with Gasteiger partial charge in [0.2, 0.25) is 0 Å². The average Bonchev–Trinajstić information content (AvgIpc) is 2.97. The molecule has 0 fully saturated rings. The summed E-state index contributed by atoms with van der Waals surface area (Å²) in [5, 5.41) is 12.2. The fourth-order valence-electron chi connectivity index (χ4n) is 3.10. The topological polar surface area (TPSA) is 93.3 Å². The normalized spacial score (nSPS) is 12.6. The number of nitrogens with zero attached hydrogens (tertiary/aromatic N) is 2. The van der Waals surface area contributed by atoms with Crippen LogP contribution in [0.25, 0.3) is 11.8 Å². The van der Waals surface area contributed by atoms with Crippen LogP contribution in [-0.4, -0.2) is 35.2 Å². The van der Waals surface area contributed by atoms with Crippen LogP contribution in [0.4, 0.5) is 0 Å². The van der Waals surface area contributed by atoms with Crippen molar-refractivity contribution in [2.24, 2.45) is 0 Å². The van der Waals surface area contributed by atoms with Gasteiger partial charge in [0.05, 0.1) is 7.11 Å². The van der Waals surface area contributed by atoms with E-state index < -0.39 is 23.5 Å². The molecule has 1 N–H and O–H groups in total. The van der Waals surface area contributed by atoms with Gasteiger partial charge in [-0.05, 0) is 83.5 Å². The molecule has 0 saturated heterocycles. The van der Waals surface area contributed by atoms with E-state index in [1.807, 2.05) is 75.6 Å². The number of aromatic nitrogens is 1. The van der Waals surface area contributed by atoms with Crippen LogP contribution in [-0.2, 0) is 14.3 Å². The maximum absolute atomic E-state index is 12.5. The quantitative estimate of drug-likeness (QED) is 0.433. The first kappa shape index (κ1) is 23.7. The number of carbonyl (C=O) groups excluding carboxylic acids is 2. The van der Waals surface area contributed by atoms with Gasteiger partial charge in [0.15, 0.2) is 6.10 Å². The lowest BCUT2D eigenvalue weighted by Crippen LogP contribution is -2.46. The Morgan fingerprint density at radius 2 is 1.81 bits per heavy atom. The van der Waals surface area contributed by atoms with Crippen molar-refractivity contribution >= 4 is 18.0 Å². The second kappa shape index (κ2) is 9.52. The van der Waals surface area contributed by atoms with E-state index in [1.54, 1.807) is 7.11 Å². The number of esters is 1. The first-order valence-corrected chi connectivity index (χ1v) is 9.95. The maximum Gasteiger partial charge on any atom is 0.349 e. The van der Waals surface area contributed by atoms with Gasteiger partial charge in [-0.1, -0.05) is 0 Å². The minimum absolute atomic E-state index is 0.176. The van der Waals surface area contributed by atoms with Crippen LogP contribution in [0.5, 0.6) is 5.75 Å². The van der Waals surface area contributed by atoms with Crippen LogP contribution in [0.15, 0.2) is 35.9 Å². The fraction of sp³-hybridized carbons (Fsp3) is 0.375. The first-order chi connectivity index (χ1) is 14.5. The van der Waals surface area contributed by atoms with E-state index in [0.29, 0.717) is 5.56 Å². The summed E-state index contributed by atoms with van der Waals surface area (Å²) in [7, 11) is 1.61. The Balaban J connectivity index is 2.27. The SMILES string of the molecule is COc1ccc(-n2c(C)cc(/C=C(\C#N)C(=O)O[C@H](C)C(=O)NC(C)(C)C)c2C)cc1. The van der Waals surface area contributed by atoms with Crippen molar-refractivity contribution in [2.45, 2.75) is 53.2 Å². The Hall–Kier alpha value is -3.53. The number of nitriles is 1. The second-order valence-electron chi connectivity index (χ2n) is 8.32. The predicted molar refractivity (Wildman–Crippen MR) is 119 cm³/mol. The van der Waals surface area contributed by atoms with Gasteiger partial charge in [0, 0.05) is 22.6 Å². The molecule has 2 rings (SSSR count). The van der Waals surface area contributed by atoms with Crippen molar-refractivity contribution < 1.29 is 19.1 Å². The lowest BCUT2D eigenvalue weighted by molar-refractivity contribution is -0.151. The number of nitrogens with one attached hydrogen (secondary N) is 1. The number of amides is 1. The van der Waals surface area contributed by atoms with Gasteiger partial charge in [-0.2, -0.15) is 5.26 Å². The summed E-state index contributed by atoms with van der Waals surface area (Å²) in [5.74, 6) is -0.505. The van der Waals surface area contributed by atoms with Crippen LogP contribution in [0.1, 0.15) is 44.6 Å². The van der Waals surface area contributed by atoms with Crippen LogP contribution < -0.4 is 10.1 Å². The number of hydrogen-bond acceptors (Lipinski definition) is 5. The Bertz CT molecular complexity index is 1030. The molecule has 1 aromatic carbocycles. The number of carbonyl (C=O) groups is 2. The van der Waals surface area contributed by atoms with Crippen molar-refractivity contribution in [2.75, 3.05) is 7.11 Å². The highest BCUT2D eigenvalue weighted by molar-refractivity contribution is 5.99. The minimum atomic E-state index is -1.02. The van der Waals surface area contributed by atoms with E-state index in [4.69, 9.17) is 9.47 Å². The van der Waals surface area contributed by atoms with Gasteiger partial charge in [0.25, 0.3) is 5.91 Å². The molecule has 7 nitrogen and oxygen atoms in total. The molecular weight excluding hydrogens is 394 g/mol. The Kier molecular flexibility index (Phi) is 7.29. The lowest BCUT2D eigenvalue weighted by Gasteiger charge is -2.23. The van der Waals surface area contributed by atoms with Gasteiger partial charge < -0.3 is 19.4 Å². The summed E-state index contributed by atoms with van der Waals surface area (Å²) < 4.78 is 12.4. The molecule has 1 amide bonds. The molecule has 1 atom stereocenters. The summed E-state index contributed by atoms with van der Waals surface area (Å²) in [5.41, 5.74) is 2.83. The van der Waals surface area contributed by atoms with Gasteiger partial charge >= 0.3 is 5.97 Å². The zero-order valence-corrected chi connectivity index (χ0v) is 19.1. The van der Waals surface area contributed by atoms with Crippen LogP contribution in [0.2, 0.25) is 0 Å². The maximum atomic E-state index is 12.5. The van der Waals surface area contributed by atoms with Crippen molar-refractivity contribution in [1.82, 2.24) is 9.88 Å². The molecule has 0 unspecified atom stereocenters. The van der Waals surface area contributed by atoms with E-state index in [-0.39, 0.29) is 5.57 Å². The fourth-order valence-corrected chi connectivity index (χ4v) is 3.10. The van der Waals surface area contributed by atoms with E-state index in [2.05, 4.69) is 5.32 Å². The zero-order chi connectivity index (χ0) is 23.3. The Morgan fingerprint density at radius 1 is 1.19 bits per heavy atom. The zero-order valence-electron chi connectivity index (χ0n) is 19.1. The largest absolute Gasteiger partial charge is 0.497 e. The minimum Gasteiger partial charge on any atom is -0.497 e. The third-order valence-corrected chi connectivity index (χ3v) is 4.59. The van der Waals surface area contributed by atoms with E-state index in [0.717, 1.165) is 22.8 Å². The summed E-state index contributed by atoms with van der Waals surface area (Å²) in [6, 6.07) is 11.4. The molecule has 1 aromatic heterocycles. The predicted octanol–water partition coefficient (Wildman–Crippen LogP) is 3.86. The summed E-state index contributed by atoms with van der Waals surface area (Å²) in [6.45, 7) is 10.8. The third-order valence-electron chi connectivity index (χ3n) is 4.59. The lowest BCUT2D eigenvalue weighted by atomic mass is 10.1. The molecule has 2 aromatic rings. The molecule has 31 heavy (non-hydrogen) atoms. The van der Waals surface area contributed by atoms with Gasteiger partial charge in [-0.3, -0.25) is 4.79 Å². The monoisotopic (exact) mass is 423 g/mol. The van der Waals surface area contributed by atoms with Crippen molar-refractivity contribution in [3.63, 3.8) is 0 Å². The number of methoxy groups -OCH3 is 1. The molecule has 1 heterocycles. The summed E-state index contributed by atoms with van der Waals surface area (Å²) >= 11 is 0. The van der Waals surface area contributed by atoms with Gasteiger partial charge in [0.1, 0.15) is 17.4 Å². The van der Waals surface area contributed by atoms with E-state index >= 15 is 0 Å². The highest BCUT2D eigenvalue weighted by atomic mass is 16.5. The molecule has 0 aliphatic carbocycles. The Labute approximate surface area is 183 Å². The molecule has 0 aliphatic heterocycles. The van der Waals surface area contributed by atoms with Crippen LogP contribution in [0, 0.1) is 25.2 Å². The highest BCUT2D eigenvalue weighted by Gasteiger charge is 2.24. The smallest absolute Gasteiger partial charge is 0.349 e. The van der Waals surface area contributed by atoms with Crippen LogP contribution in [0.3, 0.4) is 0 Å². The summed E-state index contributed by atoms with van der Waals surface area (Å²) in [6.07, 6.45) is 0.467. The molecule has 0 spiro atoms. The number of rotatable bonds is 6. The van der Waals surface area contributed by atoms with Crippen LogP contribution >= 0.6 is 0 Å². The standard InChI is InChI=1S/C24H29N3O4/c1-15-12-18(16(2)27(15)20-8-10-21(30-7)11-9-20)13-19(14-25)23(29)31-17(3)22(28)26-24(4,5)6/h8-13,17H,1-7H3,(H,26,28)/b19-13+/t17-/m1/s1. The van der Waals surface area contributed by atoms with Gasteiger partial charge in [-0.15, -0.1) is 0 Å². The van der Waals surface area contributed by atoms with Crippen molar-refractivity contribution in [3.05, 3.63) is 52.9 Å². The average molecular weight is 424 g/mol. The van der Waals surface area contributed by atoms with E-state index in [1.165, 1.54) is 13.0 Å². The molecule has 7 heteroatoms. The van der Waals surface area contributed by atoms with Crippen molar-refractivity contribution in [1.29, 1.82) is 5.26 Å². The molecule has 0 aliphatic rings. The number of benzene rings is 1. The van der Waals surface area contributed by atoms with Gasteiger partial charge in [-0.25, -0.2) is 4.79 Å². The third kappa shape index (κ3) is 5.98. The number of aryl methyl sites for hydroxylation is 1. The molecule has 0 radical (unpaired) electrons. The molecule has 0 bridgehead atoms. The number of hydrogen-bond donors (Lipinski definition) is 1. The summed E-state index contributed by atoms with van der Waals surface area (Å²) in [4.78, 5) is 24.7. The Morgan fingerprint density at radius 3 is 2.32 bits per heavy atom. The number of ether oxygens (including phenoxy) is 2. The second-order valence-corrected chi connectivity index (χ2v) is 8.32. The van der Waals surface area contributed by atoms with E-state index in [9.17, 15) is 14.9 Å². The molecule has 0 saturated carbocycles.